The van der Waals surface area contributed by atoms with Gasteiger partial charge in [0.15, 0.2) is 0 Å². The summed E-state index contributed by atoms with van der Waals surface area (Å²) >= 11 is 0. The van der Waals surface area contributed by atoms with E-state index < -0.39 is 6.09 Å². The van der Waals surface area contributed by atoms with Gasteiger partial charge in [0.2, 0.25) is 0 Å². The van der Waals surface area contributed by atoms with Crippen molar-refractivity contribution in [1.82, 2.24) is 10.2 Å². The van der Waals surface area contributed by atoms with Gasteiger partial charge in [-0.1, -0.05) is 0 Å². The number of alkyl carbamates (subject to hydrolysis) is 1. The molecule has 5 nitrogen and oxygen atoms in total. The van der Waals surface area contributed by atoms with Gasteiger partial charge < -0.3 is 10.1 Å². The molecule has 1 heterocycles. The summed E-state index contributed by atoms with van der Waals surface area (Å²) in [6, 6.07) is 6.36. The van der Waals surface area contributed by atoms with E-state index in [0.717, 1.165) is 13.0 Å². The summed E-state index contributed by atoms with van der Waals surface area (Å²) in [5, 5.41) is 11.6. The number of halogens is 1. The molecule has 6 heteroatoms. The number of ether oxygens (including phenoxy) is 1. The molecule has 1 aliphatic heterocycles. The van der Waals surface area contributed by atoms with Gasteiger partial charge in [0.1, 0.15) is 5.82 Å². The van der Waals surface area contributed by atoms with E-state index in [1.807, 2.05) is 11.0 Å². The average molecular weight is 277 g/mol. The summed E-state index contributed by atoms with van der Waals surface area (Å²) in [4.78, 5) is 13.2. The molecule has 1 aromatic carbocycles. The van der Waals surface area contributed by atoms with E-state index in [0.29, 0.717) is 24.2 Å². The second-order valence-electron chi connectivity index (χ2n) is 4.77. The predicted molar refractivity (Wildman–Crippen MR) is 70.3 cm³/mol. The van der Waals surface area contributed by atoms with Crippen LogP contribution < -0.4 is 5.32 Å². The van der Waals surface area contributed by atoms with Gasteiger partial charge in [-0.25, -0.2) is 9.18 Å². The Bertz CT molecular complexity index is 542. The third-order valence-electron chi connectivity index (χ3n) is 3.35. The summed E-state index contributed by atoms with van der Waals surface area (Å²) < 4.78 is 18.2. The van der Waals surface area contributed by atoms with Crippen molar-refractivity contribution in [3.8, 4) is 6.07 Å². The number of hydrogen-bond donors (Lipinski definition) is 1. The molecule has 0 saturated carbocycles. The van der Waals surface area contributed by atoms with Gasteiger partial charge in [0, 0.05) is 31.2 Å². The molecule has 1 aliphatic rings. The number of carbonyl (C=O) groups excluding carboxylic acids is 1. The van der Waals surface area contributed by atoms with Gasteiger partial charge in [0.05, 0.1) is 18.7 Å². The Morgan fingerprint density at radius 3 is 3.15 bits per heavy atom. The first-order chi connectivity index (χ1) is 9.62. The molecule has 1 aromatic rings. The van der Waals surface area contributed by atoms with Crippen LogP contribution in [0.4, 0.5) is 9.18 Å². The second-order valence-corrected chi connectivity index (χ2v) is 4.77. The quantitative estimate of drug-likeness (QED) is 0.912. The van der Waals surface area contributed by atoms with Crippen LogP contribution in [0.2, 0.25) is 0 Å². The first kappa shape index (κ1) is 14.3. The summed E-state index contributed by atoms with van der Waals surface area (Å²) in [6.07, 6.45) is 0.351. The molecule has 0 aliphatic carbocycles. The Hall–Kier alpha value is -2.13. The van der Waals surface area contributed by atoms with E-state index in [1.54, 1.807) is 6.07 Å². The number of nitrogens with zero attached hydrogens (tertiary/aromatic N) is 2. The van der Waals surface area contributed by atoms with E-state index in [4.69, 9.17) is 5.26 Å². The highest BCUT2D eigenvalue weighted by Gasteiger charge is 2.24. The first-order valence-corrected chi connectivity index (χ1v) is 6.37. The van der Waals surface area contributed by atoms with Crippen LogP contribution in [0, 0.1) is 17.1 Å². The van der Waals surface area contributed by atoms with Gasteiger partial charge in [-0.15, -0.1) is 0 Å². The zero-order valence-electron chi connectivity index (χ0n) is 11.2. The third kappa shape index (κ3) is 3.45. The fourth-order valence-electron chi connectivity index (χ4n) is 2.33. The fourth-order valence-corrected chi connectivity index (χ4v) is 2.33. The lowest BCUT2D eigenvalue weighted by atomic mass is 10.1. The largest absolute Gasteiger partial charge is 0.453 e. The number of likely N-dealkylation sites (tertiary alicyclic amines) is 1. The minimum Gasteiger partial charge on any atom is -0.453 e. The molecule has 106 valence electrons. The van der Waals surface area contributed by atoms with Crippen LogP contribution in [-0.4, -0.2) is 37.2 Å². The van der Waals surface area contributed by atoms with Crippen molar-refractivity contribution < 1.29 is 13.9 Å². The van der Waals surface area contributed by atoms with Crippen LogP contribution >= 0.6 is 0 Å². The Morgan fingerprint density at radius 2 is 2.45 bits per heavy atom. The second kappa shape index (κ2) is 6.35. The number of amides is 1. The van der Waals surface area contributed by atoms with Crippen molar-refractivity contribution in [3.63, 3.8) is 0 Å². The minimum atomic E-state index is -0.450. The highest BCUT2D eigenvalue weighted by molar-refractivity contribution is 5.67. The topological polar surface area (TPSA) is 65.4 Å². The molecule has 0 spiro atoms. The maximum absolute atomic E-state index is 13.7. The van der Waals surface area contributed by atoms with Crippen molar-refractivity contribution >= 4 is 6.09 Å². The van der Waals surface area contributed by atoms with Crippen molar-refractivity contribution in [2.45, 2.75) is 19.0 Å². The van der Waals surface area contributed by atoms with E-state index in [-0.39, 0.29) is 11.9 Å². The minimum absolute atomic E-state index is 0.0182. The lowest BCUT2D eigenvalue weighted by Gasteiger charge is -2.17. The molecule has 1 atom stereocenters. The Labute approximate surface area is 116 Å². The maximum atomic E-state index is 13.7. The molecule has 20 heavy (non-hydrogen) atoms. The Kier molecular flexibility index (Phi) is 4.53. The normalized spacial score (nSPS) is 18.6. The van der Waals surface area contributed by atoms with Crippen molar-refractivity contribution in [3.05, 3.63) is 35.1 Å². The van der Waals surface area contributed by atoms with Gasteiger partial charge in [0.25, 0.3) is 0 Å². The number of rotatable bonds is 3. The van der Waals surface area contributed by atoms with Crippen LogP contribution in [0.3, 0.4) is 0 Å². The van der Waals surface area contributed by atoms with E-state index in [1.165, 1.54) is 19.2 Å². The lowest BCUT2D eigenvalue weighted by molar-refractivity contribution is 0.166. The molecule has 1 unspecified atom stereocenters. The molecular formula is C14H16FN3O2. The molecule has 0 aromatic heterocycles. The summed E-state index contributed by atoms with van der Waals surface area (Å²) in [5.74, 6) is -0.312. The first-order valence-electron chi connectivity index (χ1n) is 6.37. The smallest absolute Gasteiger partial charge is 0.407 e. The molecule has 1 N–H and O–H groups in total. The molecule has 2 rings (SSSR count). The molecule has 1 fully saturated rings. The van der Waals surface area contributed by atoms with Crippen LogP contribution in [0.15, 0.2) is 18.2 Å². The highest BCUT2D eigenvalue weighted by Crippen LogP contribution is 2.17. The number of nitrogens with one attached hydrogen (secondary N) is 1. The van der Waals surface area contributed by atoms with Crippen molar-refractivity contribution in [2.24, 2.45) is 0 Å². The van der Waals surface area contributed by atoms with Gasteiger partial charge in [-0.05, 0) is 24.6 Å². The lowest BCUT2D eigenvalue weighted by Crippen LogP contribution is -2.36. The van der Waals surface area contributed by atoms with Crippen LogP contribution in [0.25, 0.3) is 0 Å². The predicted octanol–water partition coefficient (Wildman–Crippen LogP) is 1.63. The zero-order valence-corrected chi connectivity index (χ0v) is 11.2. The molecule has 0 radical (unpaired) electrons. The van der Waals surface area contributed by atoms with Crippen LogP contribution in [0.1, 0.15) is 17.5 Å². The van der Waals surface area contributed by atoms with E-state index >= 15 is 0 Å². The number of methoxy groups -OCH3 is 1. The third-order valence-corrected chi connectivity index (χ3v) is 3.35. The van der Waals surface area contributed by atoms with Gasteiger partial charge >= 0.3 is 6.09 Å². The highest BCUT2D eigenvalue weighted by atomic mass is 19.1. The van der Waals surface area contributed by atoms with E-state index in [2.05, 4.69) is 10.1 Å². The fraction of sp³-hybridized carbons (Fsp3) is 0.429. The van der Waals surface area contributed by atoms with Crippen molar-refractivity contribution in [2.75, 3.05) is 20.2 Å². The summed E-state index contributed by atoms with van der Waals surface area (Å²) in [5.41, 5.74) is 0.951. The maximum Gasteiger partial charge on any atom is 0.407 e. The molecule has 1 saturated heterocycles. The number of benzene rings is 1. The SMILES string of the molecule is COC(=O)NC1CCN(Cc2cc(C#N)ccc2F)C1. The standard InChI is InChI=1S/C14H16FN3O2/c1-20-14(19)17-12-4-5-18(9-12)8-11-6-10(7-16)2-3-13(11)15/h2-3,6,12H,4-5,8-9H2,1H3,(H,17,19). The van der Waals surface area contributed by atoms with Crippen LogP contribution in [0.5, 0.6) is 0 Å². The molecular weight excluding hydrogens is 261 g/mol. The number of hydrogen-bond acceptors (Lipinski definition) is 4. The van der Waals surface area contributed by atoms with Crippen LogP contribution in [-0.2, 0) is 11.3 Å². The molecule has 1 amide bonds. The number of carbonyl (C=O) groups is 1. The van der Waals surface area contributed by atoms with Gasteiger partial charge in [-0.3, -0.25) is 4.90 Å². The molecule has 0 bridgehead atoms. The van der Waals surface area contributed by atoms with Crippen molar-refractivity contribution in [1.29, 1.82) is 5.26 Å². The zero-order chi connectivity index (χ0) is 14.5. The van der Waals surface area contributed by atoms with Gasteiger partial charge in [-0.2, -0.15) is 5.26 Å². The average Bonchev–Trinajstić information content (AvgIpc) is 2.88. The Balaban J connectivity index is 1.95. The Morgan fingerprint density at radius 1 is 1.65 bits per heavy atom. The monoisotopic (exact) mass is 277 g/mol. The summed E-state index contributed by atoms with van der Waals surface area (Å²) in [7, 11) is 1.32. The van der Waals surface area contributed by atoms with E-state index in [9.17, 15) is 9.18 Å². The number of nitriles is 1. The summed E-state index contributed by atoms with van der Waals surface area (Å²) in [6.45, 7) is 1.84.